The summed E-state index contributed by atoms with van der Waals surface area (Å²) in [4.78, 5) is 11.7. The largest absolute Gasteiger partial charge is 0.496 e. The SMILES string of the molecule is COc1ccccc1Sc1cc(C(=O)O)cs1. The van der Waals surface area contributed by atoms with Crippen LogP contribution in [0.25, 0.3) is 0 Å². The van der Waals surface area contributed by atoms with Crippen LogP contribution in [0, 0.1) is 0 Å². The average molecular weight is 266 g/mol. The summed E-state index contributed by atoms with van der Waals surface area (Å²) in [6.45, 7) is 0. The van der Waals surface area contributed by atoms with Gasteiger partial charge in [0.05, 0.1) is 21.8 Å². The number of carboxylic acids is 1. The lowest BCUT2D eigenvalue weighted by atomic mass is 10.3. The molecule has 0 aliphatic heterocycles. The van der Waals surface area contributed by atoms with Gasteiger partial charge in [-0.25, -0.2) is 4.79 Å². The highest BCUT2D eigenvalue weighted by Crippen LogP contribution is 2.37. The summed E-state index contributed by atoms with van der Waals surface area (Å²) in [5.74, 6) is -0.101. The van der Waals surface area contributed by atoms with E-state index in [0.29, 0.717) is 5.56 Å². The number of aromatic carboxylic acids is 1. The van der Waals surface area contributed by atoms with Gasteiger partial charge in [0, 0.05) is 5.38 Å². The number of ether oxygens (including phenoxy) is 1. The van der Waals surface area contributed by atoms with Crippen molar-refractivity contribution in [2.75, 3.05) is 7.11 Å². The molecule has 2 aromatic rings. The van der Waals surface area contributed by atoms with Crippen molar-refractivity contribution in [3.63, 3.8) is 0 Å². The van der Waals surface area contributed by atoms with E-state index in [1.165, 1.54) is 23.1 Å². The normalized spacial score (nSPS) is 10.2. The van der Waals surface area contributed by atoms with Gasteiger partial charge >= 0.3 is 5.97 Å². The Morgan fingerprint density at radius 1 is 1.41 bits per heavy atom. The summed E-state index contributed by atoms with van der Waals surface area (Å²) in [5.41, 5.74) is 0.326. The summed E-state index contributed by atoms with van der Waals surface area (Å²) in [6.07, 6.45) is 0. The van der Waals surface area contributed by atoms with E-state index in [-0.39, 0.29) is 0 Å². The lowest BCUT2D eigenvalue weighted by Crippen LogP contribution is -1.91. The monoisotopic (exact) mass is 266 g/mol. The van der Waals surface area contributed by atoms with E-state index in [9.17, 15) is 4.79 Å². The molecule has 1 aromatic carbocycles. The second-order valence-corrected chi connectivity index (χ2v) is 5.47. The molecule has 0 atom stereocenters. The van der Waals surface area contributed by atoms with Gasteiger partial charge in [-0.2, -0.15) is 0 Å². The molecule has 0 saturated heterocycles. The number of thiophene rings is 1. The molecule has 0 bridgehead atoms. The van der Waals surface area contributed by atoms with E-state index in [1.807, 2.05) is 24.3 Å². The zero-order valence-corrected chi connectivity index (χ0v) is 10.7. The van der Waals surface area contributed by atoms with Crippen LogP contribution in [0.15, 0.2) is 44.8 Å². The minimum absolute atomic E-state index is 0.326. The molecule has 0 amide bonds. The molecule has 0 spiro atoms. The van der Waals surface area contributed by atoms with Crippen molar-refractivity contribution in [1.82, 2.24) is 0 Å². The molecule has 0 saturated carbocycles. The van der Waals surface area contributed by atoms with Crippen molar-refractivity contribution in [1.29, 1.82) is 0 Å². The van der Waals surface area contributed by atoms with Gasteiger partial charge in [0.1, 0.15) is 5.75 Å². The number of methoxy groups -OCH3 is 1. The fourth-order valence-electron chi connectivity index (χ4n) is 1.29. The second kappa shape index (κ2) is 5.25. The van der Waals surface area contributed by atoms with Gasteiger partial charge in [-0.3, -0.25) is 0 Å². The quantitative estimate of drug-likeness (QED) is 0.918. The highest BCUT2D eigenvalue weighted by atomic mass is 32.2. The first-order valence-corrected chi connectivity index (χ1v) is 6.53. The van der Waals surface area contributed by atoms with E-state index >= 15 is 0 Å². The third-order valence-corrected chi connectivity index (χ3v) is 4.24. The van der Waals surface area contributed by atoms with Crippen molar-refractivity contribution in [2.24, 2.45) is 0 Å². The first kappa shape index (κ1) is 12.0. The standard InChI is InChI=1S/C12H10O3S2/c1-15-9-4-2-3-5-10(9)17-11-6-8(7-16-11)12(13)14/h2-7H,1H3,(H,13,14). The summed E-state index contributed by atoms with van der Waals surface area (Å²) in [7, 11) is 1.62. The van der Waals surface area contributed by atoms with Gasteiger partial charge in [-0.05, 0) is 18.2 Å². The molecule has 5 heteroatoms. The number of benzene rings is 1. The van der Waals surface area contributed by atoms with Crippen LogP contribution in [-0.4, -0.2) is 18.2 Å². The van der Waals surface area contributed by atoms with E-state index in [4.69, 9.17) is 9.84 Å². The third-order valence-electron chi connectivity index (χ3n) is 2.10. The Labute approximate surface area is 107 Å². The van der Waals surface area contributed by atoms with Crippen LogP contribution >= 0.6 is 23.1 Å². The van der Waals surface area contributed by atoms with E-state index in [1.54, 1.807) is 18.6 Å². The molecule has 0 aliphatic carbocycles. The Balaban J connectivity index is 2.22. The van der Waals surface area contributed by atoms with Crippen LogP contribution < -0.4 is 4.74 Å². The molecular formula is C12H10O3S2. The molecule has 2 rings (SSSR count). The predicted molar refractivity (Wildman–Crippen MR) is 68.4 cm³/mol. The molecular weight excluding hydrogens is 256 g/mol. The van der Waals surface area contributed by atoms with Gasteiger partial charge in [0.25, 0.3) is 0 Å². The fourth-order valence-corrected chi connectivity index (χ4v) is 3.31. The smallest absolute Gasteiger partial charge is 0.336 e. The maximum Gasteiger partial charge on any atom is 0.336 e. The highest BCUT2D eigenvalue weighted by molar-refractivity contribution is 8.01. The fraction of sp³-hybridized carbons (Fsp3) is 0.0833. The van der Waals surface area contributed by atoms with Gasteiger partial charge in [-0.15, -0.1) is 11.3 Å². The van der Waals surface area contributed by atoms with Crippen LogP contribution in [-0.2, 0) is 0 Å². The molecule has 0 unspecified atom stereocenters. The number of para-hydroxylation sites is 1. The molecule has 0 fully saturated rings. The Morgan fingerprint density at radius 3 is 2.82 bits per heavy atom. The molecule has 0 radical (unpaired) electrons. The summed E-state index contributed by atoms with van der Waals surface area (Å²) < 4.78 is 6.18. The summed E-state index contributed by atoms with van der Waals surface area (Å²) >= 11 is 2.93. The number of rotatable bonds is 4. The van der Waals surface area contributed by atoms with Crippen LogP contribution in [0.2, 0.25) is 0 Å². The van der Waals surface area contributed by atoms with Crippen LogP contribution in [0.5, 0.6) is 5.75 Å². The Hall–Kier alpha value is -1.46. The average Bonchev–Trinajstić information content (AvgIpc) is 2.78. The van der Waals surface area contributed by atoms with Gasteiger partial charge in [0.15, 0.2) is 0 Å². The first-order valence-electron chi connectivity index (χ1n) is 4.83. The highest BCUT2D eigenvalue weighted by Gasteiger charge is 2.09. The molecule has 1 heterocycles. The van der Waals surface area contributed by atoms with Crippen LogP contribution in [0.1, 0.15) is 10.4 Å². The van der Waals surface area contributed by atoms with Crippen molar-refractivity contribution < 1.29 is 14.6 Å². The number of carboxylic acid groups (broad SMARTS) is 1. The minimum Gasteiger partial charge on any atom is -0.496 e. The Bertz CT molecular complexity index is 534. The zero-order valence-electron chi connectivity index (χ0n) is 9.04. The van der Waals surface area contributed by atoms with Gasteiger partial charge in [0.2, 0.25) is 0 Å². The molecule has 3 nitrogen and oxygen atoms in total. The first-order chi connectivity index (χ1) is 8.20. The molecule has 17 heavy (non-hydrogen) atoms. The van der Waals surface area contributed by atoms with E-state index < -0.39 is 5.97 Å². The van der Waals surface area contributed by atoms with Crippen molar-refractivity contribution >= 4 is 29.1 Å². The topological polar surface area (TPSA) is 46.5 Å². The van der Waals surface area contributed by atoms with Crippen molar-refractivity contribution in [3.8, 4) is 5.75 Å². The maximum absolute atomic E-state index is 10.8. The van der Waals surface area contributed by atoms with Crippen molar-refractivity contribution in [2.45, 2.75) is 9.10 Å². The summed E-state index contributed by atoms with van der Waals surface area (Å²) in [6, 6.07) is 9.33. The van der Waals surface area contributed by atoms with Gasteiger partial charge < -0.3 is 9.84 Å². The predicted octanol–water partition coefficient (Wildman–Crippen LogP) is 3.61. The Kier molecular flexibility index (Phi) is 3.71. The molecule has 1 N–H and O–H groups in total. The lowest BCUT2D eigenvalue weighted by molar-refractivity contribution is 0.0697. The van der Waals surface area contributed by atoms with Crippen LogP contribution in [0.4, 0.5) is 0 Å². The third kappa shape index (κ3) is 2.81. The maximum atomic E-state index is 10.8. The molecule has 1 aromatic heterocycles. The zero-order chi connectivity index (χ0) is 12.3. The molecule has 0 aliphatic rings. The van der Waals surface area contributed by atoms with Gasteiger partial charge in [-0.1, -0.05) is 23.9 Å². The Morgan fingerprint density at radius 2 is 2.18 bits per heavy atom. The number of hydrogen-bond donors (Lipinski definition) is 1. The molecule has 88 valence electrons. The van der Waals surface area contributed by atoms with Crippen molar-refractivity contribution in [3.05, 3.63) is 41.3 Å². The number of hydrogen-bond acceptors (Lipinski definition) is 4. The summed E-state index contributed by atoms with van der Waals surface area (Å²) in [5, 5.41) is 10.5. The lowest BCUT2D eigenvalue weighted by Gasteiger charge is -2.05. The minimum atomic E-state index is -0.895. The van der Waals surface area contributed by atoms with Crippen LogP contribution in [0.3, 0.4) is 0 Å². The van der Waals surface area contributed by atoms with E-state index in [2.05, 4.69) is 0 Å². The second-order valence-electron chi connectivity index (χ2n) is 3.21. The number of carbonyl (C=O) groups is 1. The van der Waals surface area contributed by atoms with E-state index in [0.717, 1.165) is 14.9 Å².